The van der Waals surface area contributed by atoms with Gasteiger partial charge in [0.15, 0.2) is 0 Å². The summed E-state index contributed by atoms with van der Waals surface area (Å²) in [5, 5.41) is 7.70. The SMILES string of the molecule is CCCCOCCOCCNCCc1ccsc1. The molecule has 18 heavy (non-hydrogen) atoms. The van der Waals surface area contributed by atoms with E-state index < -0.39 is 0 Å². The first-order valence-electron chi connectivity index (χ1n) is 6.80. The fraction of sp³-hybridized carbons (Fsp3) is 0.714. The number of unbranched alkanes of at least 4 members (excludes halogenated alkanes) is 1. The van der Waals surface area contributed by atoms with Crippen molar-refractivity contribution in [2.75, 3.05) is 39.5 Å². The highest BCUT2D eigenvalue weighted by atomic mass is 32.1. The van der Waals surface area contributed by atoms with Crippen molar-refractivity contribution < 1.29 is 9.47 Å². The van der Waals surface area contributed by atoms with Gasteiger partial charge in [0, 0.05) is 13.2 Å². The molecular formula is C14H25NO2S. The molecule has 0 aliphatic heterocycles. The van der Waals surface area contributed by atoms with E-state index in [0.717, 1.165) is 45.8 Å². The normalized spacial score (nSPS) is 10.9. The number of ether oxygens (including phenoxy) is 2. The van der Waals surface area contributed by atoms with E-state index in [0.29, 0.717) is 6.61 Å². The number of nitrogens with one attached hydrogen (secondary N) is 1. The number of hydrogen-bond donors (Lipinski definition) is 1. The lowest BCUT2D eigenvalue weighted by Gasteiger charge is -2.06. The second-order valence-corrected chi connectivity index (χ2v) is 4.99. The van der Waals surface area contributed by atoms with E-state index >= 15 is 0 Å². The predicted octanol–water partition coefficient (Wildman–Crippen LogP) is 2.71. The third-order valence-electron chi connectivity index (χ3n) is 2.61. The summed E-state index contributed by atoms with van der Waals surface area (Å²) in [6.07, 6.45) is 3.43. The summed E-state index contributed by atoms with van der Waals surface area (Å²) in [5.41, 5.74) is 1.41. The minimum absolute atomic E-state index is 0.704. The van der Waals surface area contributed by atoms with E-state index in [-0.39, 0.29) is 0 Å². The Hall–Kier alpha value is -0.420. The van der Waals surface area contributed by atoms with Gasteiger partial charge in [-0.3, -0.25) is 0 Å². The highest BCUT2D eigenvalue weighted by Gasteiger charge is 1.93. The quantitative estimate of drug-likeness (QED) is 0.593. The van der Waals surface area contributed by atoms with Crippen molar-refractivity contribution in [2.45, 2.75) is 26.2 Å². The molecular weight excluding hydrogens is 246 g/mol. The van der Waals surface area contributed by atoms with E-state index in [9.17, 15) is 0 Å². The van der Waals surface area contributed by atoms with Gasteiger partial charge in [0.25, 0.3) is 0 Å². The molecule has 0 aromatic carbocycles. The van der Waals surface area contributed by atoms with Crippen LogP contribution in [0.4, 0.5) is 0 Å². The van der Waals surface area contributed by atoms with Crippen LogP contribution in [0.5, 0.6) is 0 Å². The van der Waals surface area contributed by atoms with Gasteiger partial charge in [0.05, 0.1) is 19.8 Å². The first kappa shape index (κ1) is 15.6. The zero-order valence-electron chi connectivity index (χ0n) is 11.3. The lowest BCUT2D eigenvalue weighted by Crippen LogP contribution is -2.22. The van der Waals surface area contributed by atoms with Gasteiger partial charge in [0.2, 0.25) is 0 Å². The summed E-state index contributed by atoms with van der Waals surface area (Å²) in [6, 6.07) is 2.18. The Kier molecular flexibility index (Phi) is 10.1. The predicted molar refractivity (Wildman–Crippen MR) is 77.4 cm³/mol. The van der Waals surface area contributed by atoms with Crippen LogP contribution in [0.25, 0.3) is 0 Å². The van der Waals surface area contributed by atoms with Gasteiger partial charge in [-0.25, -0.2) is 0 Å². The van der Waals surface area contributed by atoms with E-state index in [1.165, 1.54) is 12.0 Å². The molecule has 0 radical (unpaired) electrons. The second-order valence-electron chi connectivity index (χ2n) is 4.21. The molecule has 0 unspecified atom stereocenters. The Bertz CT molecular complexity index is 265. The fourth-order valence-electron chi connectivity index (χ4n) is 1.51. The zero-order chi connectivity index (χ0) is 12.9. The maximum atomic E-state index is 5.47. The van der Waals surface area contributed by atoms with Gasteiger partial charge in [-0.05, 0) is 41.8 Å². The molecule has 0 saturated carbocycles. The van der Waals surface area contributed by atoms with Crippen molar-refractivity contribution in [3.8, 4) is 0 Å². The molecule has 1 aromatic heterocycles. The Balaban J connectivity index is 1.73. The number of thiophene rings is 1. The minimum Gasteiger partial charge on any atom is -0.379 e. The molecule has 0 aliphatic rings. The third kappa shape index (κ3) is 8.64. The average Bonchev–Trinajstić information content (AvgIpc) is 2.89. The van der Waals surface area contributed by atoms with Crippen LogP contribution in [0.2, 0.25) is 0 Å². The van der Waals surface area contributed by atoms with Crippen molar-refractivity contribution in [1.29, 1.82) is 0 Å². The first-order chi connectivity index (χ1) is 8.93. The van der Waals surface area contributed by atoms with E-state index in [2.05, 4.69) is 29.1 Å². The Morgan fingerprint density at radius 3 is 2.67 bits per heavy atom. The monoisotopic (exact) mass is 271 g/mol. The van der Waals surface area contributed by atoms with Gasteiger partial charge in [-0.2, -0.15) is 11.3 Å². The van der Waals surface area contributed by atoms with Crippen LogP contribution < -0.4 is 5.32 Å². The van der Waals surface area contributed by atoms with Crippen molar-refractivity contribution in [3.05, 3.63) is 22.4 Å². The molecule has 0 spiro atoms. The summed E-state index contributed by atoms with van der Waals surface area (Å²) in [5.74, 6) is 0. The van der Waals surface area contributed by atoms with Crippen molar-refractivity contribution in [3.63, 3.8) is 0 Å². The molecule has 104 valence electrons. The molecule has 1 aromatic rings. The molecule has 3 nitrogen and oxygen atoms in total. The molecule has 0 amide bonds. The molecule has 1 rings (SSSR count). The van der Waals surface area contributed by atoms with Crippen LogP contribution in [-0.2, 0) is 15.9 Å². The van der Waals surface area contributed by atoms with E-state index in [1.807, 2.05) is 0 Å². The van der Waals surface area contributed by atoms with E-state index in [4.69, 9.17) is 9.47 Å². The number of hydrogen-bond acceptors (Lipinski definition) is 4. The fourth-order valence-corrected chi connectivity index (χ4v) is 2.21. The molecule has 0 atom stereocenters. The van der Waals surface area contributed by atoms with Crippen LogP contribution in [0.3, 0.4) is 0 Å². The van der Waals surface area contributed by atoms with Crippen LogP contribution >= 0.6 is 11.3 Å². The molecule has 1 N–H and O–H groups in total. The molecule has 4 heteroatoms. The summed E-state index contributed by atoms with van der Waals surface area (Å²) in [4.78, 5) is 0. The Morgan fingerprint density at radius 2 is 1.94 bits per heavy atom. The van der Waals surface area contributed by atoms with Gasteiger partial charge < -0.3 is 14.8 Å². The third-order valence-corrected chi connectivity index (χ3v) is 3.34. The second kappa shape index (κ2) is 11.7. The minimum atomic E-state index is 0.704. The summed E-state index contributed by atoms with van der Waals surface area (Å²) >= 11 is 1.76. The molecule has 0 aliphatic carbocycles. The van der Waals surface area contributed by atoms with Gasteiger partial charge in [-0.1, -0.05) is 13.3 Å². The first-order valence-corrected chi connectivity index (χ1v) is 7.75. The summed E-state index contributed by atoms with van der Waals surface area (Å²) in [6.45, 7) is 7.15. The molecule has 1 heterocycles. The maximum absolute atomic E-state index is 5.47. The highest BCUT2D eigenvalue weighted by Crippen LogP contribution is 2.05. The van der Waals surface area contributed by atoms with Crippen molar-refractivity contribution >= 4 is 11.3 Å². The van der Waals surface area contributed by atoms with Gasteiger partial charge >= 0.3 is 0 Å². The lowest BCUT2D eigenvalue weighted by molar-refractivity contribution is 0.0478. The maximum Gasteiger partial charge on any atom is 0.0701 e. The van der Waals surface area contributed by atoms with Gasteiger partial charge in [0.1, 0.15) is 0 Å². The van der Waals surface area contributed by atoms with Crippen LogP contribution in [0, 0.1) is 0 Å². The highest BCUT2D eigenvalue weighted by molar-refractivity contribution is 7.07. The lowest BCUT2D eigenvalue weighted by atomic mass is 10.2. The van der Waals surface area contributed by atoms with Crippen molar-refractivity contribution in [2.24, 2.45) is 0 Å². The van der Waals surface area contributed by atoms with Gasteiger partial charge in [-0.15, -0.1) is 0 Å². The topological polar surface area (TPSA) is 30.5 Å². The molecule has 0 fully saturated rings. The Morgan fingerprint density at radius 1 is 1.11 bits per heavy atom. The summed E-state index contributed by atoms with van der Waals surface area (Å²) in [7, 11) is 0. The van der Waals surface area contributed by atoms with E-state index in [1.54, 1.807) is 11.3 Å². The number of rotatable bonds is 12. The van der Waals surface area contributed by atoms with Crippen molar-refractivity contribution in [1.82, 2.24) is 5.32 Å². The largest absolute Gasteiger partial charge is 0.379 e. The zero-order valence-corrected chi connectivity index (χ0v) is 12.1. The van der Waals surface area contributed by atoms with Crippen LogP contribution in [0.1, 0.15) is 25.3 Å². The average molecular weight is 271 g/mol. The molecule has 0 bridgehead atoms. The standard InChI is InChI=1S/C14H25NO2S/c1-2-3-8-16-10-11-17-9-7-15-6-4-14-5-12-18-13-14/h5,12-13,15H,2-4,6-11H2,1H3. The smallest absolute Gasteiger partial charge is 0.0701 e. The molecule has 0 saturated heterocycles. The van der Waals surface area contributed by atoms with Crippen LogP contribution in [0.15, 0.2) is 16.8 Å². The van der Waals surface area contributed by atoms with Crippen LogP contribution in [-0.4, -0.2) is 39.5 Å². The Labute approximate surface area is 114 Å². The summed E-state index contributed by atoms with van der Waals surface area (Å²) < 4.78 is 10.9.